The van der Waals surface area contributed by atoms with Gasteiger partial charge in [-0.25, -0.2) is 0 Å². The van der Waals surface area contributed by atoms with E-state index < -0.39 is 17.7 Å². The van der Waals surface area contributed by atoms with E-state index in [0.29, 0.717) is 0 Å². The molecule has 152 valence electrons. The van der Waals surface area contributed by atoms with Crippen LogP contribution in [0.25, 0.3) is 0 Å². The van der Waals surface area contributed by atoms with E-state index in [-0.39, 0.29) is 0 Å². The Hall–Kier alpha value is -2.18. The molecular weight excluding hydrogens is 421 g/mol. The summed E-state index contributed by atoms with van der Waals surface area (Å²) in [5.41, 5.74) is 1.05. The molecule has 0 unspecified atom stereocenters. The Labute approximate surface area is 159 Å². The van der Waals surface area contributed by atoms with Gasteiger partial charge in [0.2, 0.25) is 0 Å². The van der Waals surface area contributed by atoms with Crippen LogP contribution in [-0.2, 0) is 14.1 Å². The van der Waals surface area contributed by atoms with Crippen molar-refractivity contribution in [3.8, 4) is 0 Å². The molecule has 3 aromatic rings. The second-order valence-electron chi connectivity index (χ2n) is 5.91. The van der Waals surface area contributed by atoms with Crippen molar-refractivity contribution in [3.05, 3.63) is 90.5 Å². The molecule has 28 heavy (non-hydrogen) atoms. The van der Waals surface area contributed by atoms with Crippen molar-refractivity contribution in [2.75, 3.05) is 0 Å². The molecule has 0 aliphatic carbocycles. The van der Waals surface area contributed by atoms with E-state index in [1.165, 1.54) is 0 Å². The fraction of sp³-hybridized carbons (Fsp3) is 0.0526. The first-order valence-corrected chi connectivity index (χ1v) is 11.5. The van der Waals surface area contributed by atoms with Crippen LogP contribution in [0.15, 0.2) is 99.6 Å². The number of hydrogen-bond donors (Lipinski definition) is 0. The molecule has 0 saturated carbocycles. The topological polar surface area (TPSA) is 17.1 Å². The monoisotopic (exact) mass is 438 g/mol. The van der Waals surface area contributed by atoms with E-state index in [1.54, 1.807) is 0 Å². The summed E-state index contributed by atoms with van der Waals surface area (Å²) in [6, 6.07) is 27.4. The Balaban J connectivity index is 0.000000345. The molecule has 0 bridgehead atoms. The van der Waals surface area contributed by atoms with Gasteiger partial charge in [-0.05, 0) is 37.3 Å². The summed E-state index contributed by atoms with van der Waals surface area (Å²) in [7, 11) is -13.1. The molecule has 1 nitrogen and oxygen atoms in total. The summed E-state index contributed by atoms with van der Waals surface area (Å²) >= 11 is 0. The summed E-state index contributed by atoms with van der Waals surface area (Å²) in [4.78, 5) is 2.60. The van der Waals surface area contributed by atoms with Gasteiger partial charge in [-0.15, -0.1) is 0 Å². The third-order valence-corrected chi connectivity index (χ3v) is 6.50. The Morgan fingerprint density at radius 3 is 1.29 bits per heavy atom. The van der Waals surface area contributed by atoms with Crippen molar-refractivity contribution < 1.29 is 29.4 Å². The third kappa shape index (κ3) is 6.77. The first-order chi connectivity index (χ1) is 12.7. The molecule has 0 aliphatic heterocycles. The molecule has 0 saturated heterocycles. The quantitative estimate of drug-likeness (QED) is 0.228. The predicted octanol–water partition coefficient (Wildman–Crippen LogP) is 8.35. The summed E-state index contributed by atoms with van der Waals surface area (Å²) < 4.78 is 73.2. The summed E-state index contributed by atoms with van der Waals surface area (Å²) in [6.07, 6.45) is 0. The van der Waals surface area contributed by atoms with Crippen LogP contribution in [0.1, 0.15) is 5.56 Å². The van der Waals surface area contributed by atoms with Crippen LogP contribution in [0.4, 0.5) is 25.2 Å². The van der Waals surface area contributed by atoms with Crippen LogP contribution in [-0.4, -0.2) is 0 Å². The molecule has 3 rings (SSSR count). The Bertz CT molecular complexity index is 935. The Kier molecular flexibility index (Phi) is 5.54. The molecule has 0 amide bonds. The first kappa shape index (κ1) is 22.1. The average Bonchev–Trinajstić information content (AvgIpc) is 2.60. The van der Waals surface area contributed by atoms with E-state index >= 15 is 0 Å². The number of rotatable bonds is 3. The molecule has 0 fully saturated rings. The SMILES string of the molecule is Cc1ccccc1[S+](=O)(c1ccccc1)c1ccccc1.F[P-](F)(F)(F)(F)F. The van der Waals surface area contributed by atoms with Gasteiger partial charge >= 0.3 is 33.0 Å². The normalized spacial score (nSPS) is 14.2. The fourth-order valence-corrected chi connectivity index (χ4v) is 5.15. The second kappa shape index (κ2) is 7.01. The maximum atomic E-state index is 14.0. The summed E-state index contributed by atoms with van der Waals surface area (Å²) in [5.74, 6) is 0. The minimum atomic E-state index is -10.7. The minimum absolute atomic E-state index is 0.852. The van der Waals surface area contributed by atoms with Crippen LogP contribution >= 0.6 is 7.81 Å². The second-order valence-corrected chi connectivity index (χ2v) is 10.3. The van der Waals surface area contributed by atoms with Crippen molar-refractivity contribution in [1.82, 2.24) is 0 Å². The van der Waals surface area contributed by atoms with E-state index in [4.69, 9.17) is 0 Å². The van der Waals surface area contributed by atoms with Crippen LogP contribution in [0.2, 0.25) is 0 Å². The molecule has 0 radical (unpaired) electrons. The molecular formula is C19H17F6OPS. The molecule has 0 atom stereocenters. The van der Waals surface area contributed by atoms with Crippen LogP contribution in [0, 0.1) is 6.92 Å². The van der Waals surface area contributed by atoms with Gasteiger partial charge in [0.05, 0.1) is 0 Å². The van der Waals surface area contributed by atoms with Gasteiger partial charge in [0, 0.05) is 5.56 Å². The Morgan fingerprint density at radius 2 is 0.929 bits per heavy atom. The van der Waals surface area contributed by atoms with Gasteiger partial charge < -0.3 is 0 Å². The van der Waals surface area contributed by atoms with Crippen molar-refractivity contribution in [3.63, 3.8) is 0 Å². The molecule has 3 aromatic carbocycles. The standard InChI is InChI=1S/C19H17OS.F6P/c1-16-10-8-9-15-19(16)21(20,17-11-4-2-5-12-17)18-13-6-3-7-14-18;1-7(2,3,4,5)6/h2-15H,1H3;/q+1;-1. The zero-order valence-electron chi connectivity index (χ0n) is 14.6. The zero-order chi connectivity index (χ0) is 21.1. The fourth-order valence-electron chi connectivity index (χ4n) is 2.49. The van der Waals surface area contributed by atoms with E-state index in [2.05, 4.69) is 0 Å². The maximum absolute atomic E-state index is 14.0. The van der Waals surface area contributed by atoms with Crippen LogP contribution in [0.3, 0.4) is 0 Å². The van der Waals surface area contributed by atoms with Crippen molar-refractivity contribution in [2.45, 2.75) is 21.6 Å². The van der Waals surface area contributed by atoms with Crippen molar-refractivity contribution in [2.24, 2.45) is 0 Å². The van der Waals surface area contributed by atoms with E-state index in [1.807, 2.05) is 91.9 Å². The van der Waals surface area contributed by atoms with Gasteiger partial charge in [-0.1, -0.05) is 58.8 Å². The number of benzene rings is 3. The van der Waals surface area contributed by atoms with Gasteiger partial charge in [0.1, 0.15) is 0 Å². The number of aryl methyl sites for hydroxylation is 1. The summed E-state index contributed by atoms with van der Waals surface area (Å²) in [6.45, 7) is 2.01. The zero-order valence-corrected chi connectivity index (χ0v) is 16.3. The van der Waals surface area contributed by atoms with Crippen molar-refractivity contribution in [1.29, 1.82) is 0 Å². The molecule has 0 heterocycles. The van der Waals surface area contributed by atoms with Gasteiger partial charge in [0.15, 0.2) is 24.6 Å². The molecule has 0 aromatic heterocycles. The third-order valence-electron chi connectivity index (χ3n) is 3.55. The number of hydrogen-bond acceptors (Lipinski definition) is 1. The van der Waals surface area contributed by atoms with Crippen LogP contribution < -0.4 is 0 Å². The van der Waals surface area contributed by atoms with Gasteiger partial charge in [-0.3, -0.25) is 0 Å². The van der Waals surface area contributed by atoms with E-state index in [9.17, 15) is 29.4 Å². The molecule has 0 N–H and O–H groups in total. The van der Waals surface area contributed by atoms with Gasteiger partial charge in [-0.2, -0.15) is 0 Å². The first-order valence-electron chi connectivity index (χ1n) is 7.94. The Morgan fingerprint density at radius 1 is 0.607 bits per heavy atom. The average molecular weight is 438 g/mol. The summed E-state index contributed by atoms with van der Waals surface area (Å²) in [5, 5.41) is 0. The number of halogens is 6. The molecule has 0 spiro atoms. The van der Waals surface area contributed by atoms with Crippen LogP contribution in [0.5, 0.6) is 0 Å². The predicted molar refractivity (Wildman–Crippen MR) is 100 cm³/mol. The van der Waals surface area contributed by atoms with E-state index in [0.717, 1.165) is 20.2 Å². The van der Waals surface area contributed by atoms with Gasteiger partial charge in [0.25, 0.3) is 0 Å². The van der Waals surface area contributed by atoms with Crippen molar-refractivity contribution >= 4 is 17.7 Å². The molecule has 9 heteroatoms. The molecule has 0 aliphatic rings.